The van der Waals surface area contributed by atoms with Crippen LogP contribution in [0.2, 0.25) is 0 Å². The Balaban J connectivity index is 2.66. The van der Waals surface area contributed by atoms with Gasteiger partial charge in [-0.1, -0.05) is 28.1 Å². The highest BCUT2D eigenvalue weighted by atomic mass is 79.9. The Kier molecular flexibility index (Phi) is 3.96. The summed E-state index contributed by atoms with van der Waals surface area (Å²) in [6.07, 6.45) is 3.74. The number of halogens is 2. The zero-order chi connectivity index (χ0) is 9.68. The number of hydrogen-bond acceptors (Lipinski definition) is 1. The van der Waals surface area contributed by atoms with Gasteiger partial charge in [0.1, 0.15) is 18.2 Å². The van der Waals surface area contributed by atoms with E-state index in [1.54, 1.807) is 6.07 Å². The zero-order valence-corrected chi connectivity index (χ0v) is 8.84. The van der Waals surface area contributed by atoms with Gasteiger partial charge in [0, 0.05) is 10.5 Å². The van der Waals surface area contributed by atoms with Gasteiger partial charge in [-0.05, 0) is 19.1 Å². The van der Waals surface area contributed by atoms with Crippen molar-refractivity contribution in [3.63, 3.8) is 0 Å². The first-order valence-electron chi connectivity index (χ1n) is 3.92. The Hall–Kier alpha value is -0.830. The normalized spacial score (nSPS) is 10.7. The highest BCUT2D eigenvalue weighted by molar-refractivity contribution is 9.10. The van der Waals surface area contributed by atoms with E-state index in [0.29, 0.717) is 16.8 Å². The van der Waals surface area contributed by atoms with E-state index >= 15 is 0 Å². The Morgan fingerprint density at radius 2 is 2.23 bits per heavy atom. The predicted octanol–water partition coefficient (Wildman–Crippen LogP) is 3.54. The minimum absolute atomic E-state index is 0.301. The molecule has 1 rings (SSSR count). The molecule has 0 fully saturated rings. The van der Waals surface area contributed by atoms with E-state index in [1.807, 2.05) is 19.1 Å². The van der Waals surface area contributed by atoms with Crippen LogP contribution in [0.1, 0.15) is 6.92 Å². The van der Waals surface area contributed by atoms with Crippen molar-refractivity contribution in [1.29, 1.82) is 0 Å². The topological polar surface area (TPSA) is 9.23 Å². The van der Waals surface area contributed by atoms with Gasteiger partial charge in [0.15, 0.2) is 0 Å². The van der Waals surface area contributed by atoms with Crippen LogP contribution in [0.5, 0.6) is 5.75 Å². The van der Waals surface area contributed by atoms with Gasteiger partial charge in [-0.3, -0.25) is 0 Å². The molecule has 0 spiro atoms. The van der Waals surface area contributed by atoms with E-state index < -0.39 is 0 Å². The Bertz CT molecular complexity index is 290. The van der Waals surface area contributed by atoms with Gasteiger partial charge in [0.2, 0.25) is 0 Å². The van der Waals surface area contributed by atoms with Gasteiger partial charge in [-0.15, -0.1) is 0 Å². The number of allylic oxidation sites excluding steroid dienone is 1. The predicted molar refractivity (Wildman–Crippen MR) is 54.4 cm³/mol. The standard InChI is InChI=1S/C10H10BrFO/c1-2-3-4-13-10-6-8(11)5-9(12)7-10/h2-3,5-7H,4H2,1H3/b3-2+. The Morgan fingerprint density at radius 3 is 2.85 bits per heavy atom. The fourth-order valence-electron chi connectivity index (χ4n) is 0.852. The maximum atomic E-state index is 12.8. The molecule has 0 atom stereocenters. The number of benzene rings is 1. The second-order valence-corrected chi connectivity index (χ2v) is 3.40. The molecule has 0 aliphatic rings. The molecule has 1 aromatic carbocycles. The van der Waals surface area contributed by atoms with E-state index in [9.17, 15) is 4.39 Å². The third-order valence-electron chi connectivity index (χ3n) is 1.42. The van der Waals surface area contributed by atoms with Crippen molar-refractivity contribution in [3.8, 4) is 5.75 Å². The Labute approximate surface area is 85.3 Å². The molecule has 0 radical (unpaired) electrons. The molecule has 0 amide bonds. The summed E-state index contributed by atoms with van der Waals surface area (Å²) in [6, 6.07) is 4.48. The third kappa shape index (κ3) is 3.59. The van der Waals surface area contributed by atoms with Gasteiger partial charge in [-0.2, -0.15) is 0 Å². The van der Waals surface area contributed by atoms with Gasteiger partial charge in [0.05, 0.1) is 0 Å². The number of ether oxygens (including phenoxy) is 1. The molecule has 0 N–H and O–H groups in total. The quantitative estimate of drug-likeness (QED) is 0.740. The summed E-state index contributed by atoms with van der Waals surface area (Å²) in [5.41, 5.74) is 0. The third-order valence-corrected chi connectivity index (χ3v) is 1.88. The van der Waals surface area contributed by atoms with E-state index in [1.165, 1.54) is 12.1 Å². The van der Waals surface area contributed by atoms with Crippen molar-refractivity contribution >= 4 is 15.9 Å². The van der Waals surface area contributed by atoms with Gasteiger partial charge < -0.3 is 4.74 Å². The van der Waals surface area contributed by atoms with Gasteiger partial charge in [0.25, 0.3) is 0 Å². The second kappa shape index (κ2) is 5.02. The van der Waals surface area contributed by atoms with Crippen molar-refractivity contribution in [2.75, 3.05) is 6.61 Å². The van der Waals surface area contributed by atoms with Crippen molar-refractivity contribution in [1.82, 2.24) is 0 Å². The molecule has 0 aliphatic carbocycles. The van der Waals surface area contributed by atoms with Gasteiger partial charge in [-0.25, -0.2) is 4.39 Å². The van der Waals surface area contributed by atoms with Crippen LogP contribution < -0.4 is 4.74 Å². The molecule has 3 heteroatoms. The molecule has 1 aromatic rings. The van der Waals surface area contributed by atoms with Gasteiger partial charge >= 0.3 is 0 Å². The molecule has 0 heterocycles. The highest BCUT2D eigenvalue weighted by Crippen LogP contribution is 2.20. The lowest BCUT2D eigenvalue weighted by Gasteiger charge is -2.03. The molecule has 0 aliphatic heterocycles. The summed E-state index contributed by atoms with van der Waals surface area (Å²) in [5, 5.41) is 0. The lowest BCUT2D eigenvalue weighted by molar-refractivity contribution is 0.360. The van der Waals surface area contributed by atoms with Crippen molar-refractivity contribution in [2.45, 2.75) is 6.92 Å². The van der Waals surface area contributed by atoms with Crippen LogP contribution >= 0.6 is 15.9 Å². The molecular formula is C10H10BrFO. The maximum absolute atomic E-state index is 12.8. The van der Waals surface area contributed by atoms with Crippen LogP contribution in [0.25, 0.3) is 0 Å². The summed E-state index contributed by atoms with van der Waals surface area (Å²) < 4.78 is 18.7. The minimum Gasteiger partial charge on any atom is -0.489 e. The van der Waals surface area contributed by atoms with Crippen LogP contribution in [0.4, 0.5) is 4.39 Å². The average molecular weight is 245 g/mol. The molecule has 0 bridgehead atoms. The average Bonchev–Trinajstić information content (AvgIpc) is 2.03. The SMILES string of the molecule is C/C=C/COc1cc(F)cc(Br)c1. The maximum Gasteiger partial charge on any atom is 0.128 e. The van der Waals surface area contributed by atoms with Crippen LogP contribution in [-0.2, 0) is 0 Å². The van der Waals surface area contributed by atoms with E-state index in [-0.39, 0.29) is 5.82 Å². The summed E-state index contributed by atoms with van der Waals surface area (Å²) in [6.45, 7) is 2.37. The summed E-state index contributed by atoms with van der Waals surface area (Å²) >= 11 is 3.18. The lowest BCUT2D eigenvalue weighted by Crippen LogP contribution is -1.93. The summed E-state index contributed by atoms with van der Waals surface area (Å²) in [7, 11) is 0. The first kappa shape index (κ1) is 10.3. The largest absolute Gasteiger partial charge is 0.489 e. The molecular weight excluding hydrogens is 235 g/mol. The number of hydrogen-bond donors (Lipinski definition) is 0. The first-order valence-corrected chi connectivity index (χ1v) is 4.71. The lowest BCUT2D eigenvalue weighted by atomic mass is 10.3. The molecule has 13 heavy (non-hydrogen) atoms. The van der Waals surface area contributed by atoms with Crippen LogP contribution in [0.3, 0.4) is 0 Å². The fourth-order valence-corrected chi connectivity index (χ4v) is 1.30. The molecule has 0 saturated carbocycles. The molecule has 0 aromatic heterocycles. The Morgan fingerprint density at radius 1 is 1.46 bits per heavy atom. The minimum atomic E-state index is -0.301. The summed E-state index contributed by atoms with van der Waals surface area (Å²) in [4.78, 5) is 0. The van der Waals surface area contributed by atoms with Crippen LogP contribution in [0, 0.1) is 5.82 Å². The summed E-state index contributed by atoms with van der Waals surface area (Å²) in [5.74, 6) is 0.231. The molecule has 0 unspecified atom stereocenters. The molecule has 1 nitrogen and oxygen atoms in total. The van der Waals surface area contributed by atoms with Crippen molar-refractivity contribution in [3.05, 3.63) is 40.6 Å². The molecule has 0 saturated heterocycles. The molecule has 70 valence electrons. The zero-order valence-electron chi connectivity index (χ0n) is 7.26. The monoisotopic (exact) mass is 244 g/mol. The van der Waals surface area contributed by atoms with Crippen molar-refractivity contribution in [2.24, 2.45) is 0 Å². The fraction of sp³-hybridized carbons (Fsp3) is 0.200. The highest BCUT2D eigenvalue weighted by Gasteiger charge is 1.98. The van der Waals surface area contributed by atoms with E-state index in [0.717, 1.165) is 0 Å². The smallest absolute Gasteiger partial charge is 0.128 e. The van der Waals surface area contributed by atoms with Crippen molar-refractivity contribution < 1.29 is 9.13 Å². The van der Waals surface area contributed by atoms with Crippen LogP contribution in [0.15, 0.2) is 34.8 Å². The second-order valence-electron chi connectivity index (χ2n) is 2.49. The van der Waals surface area contributed by atoms with Crippen LogP contribution in [-0.4, -0.2) is 6.61 Å². The number of rotatable bonds is 3. The van der Waals surface area contributed by atoms with E-state index in [4.69, 9.17) is 4.74 Å². The first-order chi connectivity index (χ1) is 6.22. The van der Waals surface area contributed by atoms with E-state index in [2.05, 4.69) is 15.9 Å².